The second kappa shape index (κ2) is 7.75. The van der Waals surface area contributed by atoms with Gasteiger partial charge in [0.15, 0.2) is 11.0 Å². The molecule has 1 fully saturated rings. The van der Waals surface area contributed by atoms with Crippen molar-refractivity contribution < 1.29 is 9.18 Å². The van der Waals surface area contributed by atoms with Gasteiger partial charge in [0.2, 0.25) is 5.91 Å². The zero-order chi connectivity index (χ0) is 19.6. The lowest BCUT2D eigenvalue weighted by Gasteiger charge is -2.16. The molecule has 1 aliphatic carbocycles. The van der Waals surface area contributed by atoms with E-state index in [-0.39, 0.29) is 22.9 Å². The first-order chi connectivity index (χ1) is 13.6. The molecule has 4 rings (SSSR count). The zero-order valence-electron chi connectivity index (χ0n) is 15.6. The summed E-state index contributed by atoms with van der Waals surface area (Å²) in [4.78, 5) is 12.3. The molecule has 1 aliphatic rings. The molecule has 1 heterocycles. The molecule has 0 aliphatic heterocycles. The number of nitrogens with one attached hydrogen (secondary N) is 1. The average molecular weight is 396 g/mol. The van der Waals surface area contributed by atoms with E-state index in [9.17, 15) is 9.18 Å². The Labute approximate surface area is 167 Å². The van der Waals surface area contributed by atoms with Crippen LogP contribution in [0.25, 0.3) is 11.4 Å². The third-order valence-electron chi connectivity index (χ3n) is 5.15. The van der Waals surface area contributed by atoms with Gasteiger partial charge in [0.25, 0.3) is 0 Å². The molecule has 1 N–H and O–H groups in total. The highest BCUT2D eigenvalue weighted by Gasteiger charge is 2.44. The molecule has 0 saturated heterocycles. The molecule has 1 amide bonds. The van der Waals surface area contributed by atoms with Crippen molar-refractivity contribution in [2.45, 2.75) is 23.4 Å². The highest BCUT2D eigenvalue weighted by Crippen LogP contribution is 2.47. The highest BCUT2D eigenvalue weighted by atomic mass is 32.2. The van der Waals surface area contributed by atoms with Crippen molar-refractivity contribution in [3.8, 4) is 11.4 Å². The standard InChI is InChI=1S/C21H21FN4OS/c1-26-19(16-9-5-6-10-17(16)22)24-25-20(26)28-13-18(27)23-14-21(11-12-21)15-7-3-2-4-8-15/h2-10H,11-14H2,1H3,(H,23,27). The molecular weight excluding hydrogens is 375 g/mol. The number of carbonyl (C=O) groups excluding carboxylic acids is 1. The van der Waals surface area contributed by atoms with Crippen molar-refractivity contribution in [3.05, 3.63) is 66.0 Å². The molecule has 28 heavy (non-hydrogen) atoms. The van der Waals surface area contributed by atoms with E-state index >= 15 is 0 Å². The molecule has 1 saturated carbocycles. The number of hydrogen-bond donors (Lipinski definition) is 1. The second-order valence-corrected chi connectivity index (χ2v) is 8.00. The Morgan fingerprint density at radius 2 is 1.86 bits per heavy atom. The van der Waals surface area contributed by atoms with E-state index in [4.69, 9.17) is 0 Å². The van der Waals surface area contributed by atoms with Gasteiger partial charge in [0, 0.05) is 19.0 Å². The van der Waals surface area contributed by atoms with E-state index < -0.39 is 0 Å². The Bertz CT molecular complexity index is 985. The summed E-state index contributed by atoms with van der Waals surface area (Å²) in [5.41, 5.74) is 1.77. The van der Waals surface area contributed by atoms with Gasteiger partial charge in [-0.1, -0.05) is 54.2 Å². The Morgan fingerprint density at radius 3 is 2.57 bits per heavy atom. The number of hydrogen-bond acceptors (Lipinski definition) is 4. The average Bonchev–Trinajstić information content (AvgIpc) is 3.43. The monoisotopic (exact) mass is 396 g/mol. The number of amides is 1. The molecule has 0 unspecified atom stereocenters. The number of benzene rings is 2. The van der Waals surface area contributed by atoms with Gasteiger partial charge < -0.3 is 9.88 Å². The van der Waals surface area contributed by atoms with Crippen LogP contribution in [0.4, 0.5) is 4.39 Å². The Kier molecular flexibility index (Phi) is 5.17. The van der Waals surface area contributed by atoms with E-state index in [1.165, 1.54) is 23.4 Å². The molecule has 0 spiro atoms. The van der Waals surface area contributed by atoms with Gasteiger partial charge in [-0.15, -0.1) is 10.2 Å². The van der Waals surface area contributed by atoms with Crippen LogP contribution in [0.15, 0.2) is 59.8 Å². The maximum absolute atomic E-state index is 14.0. The topological polar surface area (TPSA) is 59.8 Å². The van der Waals surface area contributed by atoms with Crippen molar-refractivity contribution in [1.29, 1.82) is 0 Å². The second-order valence-electron chi connectivity index (χ2n) is 7.06. The molecule has 1 aromatic heterocycles. The van der Waals surface area contributed by atoms with E-state index in [0.717, 1.165) is 12.8 Å². The minimum atomic E-state index is -0.345. The van der Waals surface area contributed by atoms with Crippen molar-refractivity contribution in [2.75, 3.05) is 12.3 Å². The molecule has 5 nitrogen and oxygen atoms in total. The summed E-state index contributed by atoms with van der Waals surface area (Å²) in [6, 6.07) is 16.8. The third-order valence-corrected chi connectivity index (χ3v) is 6.17. The zero-order valence-corrected chi connectivity index (χ0v) is 16.4. The number of rotatable bonds is 7. The molecule has 0 atom stereocenters. The van der Waals surface area contributed by atoms with Crippen LogP contribution in [0, 0.1) is 5.82 Å². The first-order valence-electron chi connectivity index (χ1n) is 9.18. The summed E-state index contributed by atoms with van der Waals surface area (Å²) in [7, 11) is 1.77. The van der Waals surface area contributed by atoms with Gasteiger partial charge >= 0.3 is 0 Å². The van der Waals surface area contributed by atoms with Crippen LogP contribution in [-0.4, -0.2) is 33.0 Å². The Morgan fingerprint density at radius 1 is 1.14 bits per heavy atom. The lowest BCUT2D eigenvalue weighted by molar-refractivity contribution is -0.118. The fourth-order valence-electron chi connectivity index (χ4n) is 3.28. The van der Waals surface area contributed by atoms with Crippen LogP contribution >= 0.6 is 11.8 Å². The fourth-order valence-corrected chi connectivity index (χ4v) is 4.02. The van der Waals surface area contributed by atoms with Gasteiger partial charge in [0.1, 0.15) is 5.82 Å². The van der Waals surface area contributed by atoms with Crippen LogP contribution in [0.5, 0.6) is 0 Å². The van der Waals surface area contributed by atoms with E-state index in [1.807, 2.05) is 18.2 Å². The normalized spacial score (nSPS) is 14.6. The van der Waals surface area contributed by atoms with E-state index in [1.54, 1.807) is 29.8 Å². The molecule has 0 bridgehead atoms. The summed E-state index contributed by atoms with van der Waals surface area (Å²) in [6.07, 6.45) is 2.19. The molecule has 2 aromatic carbocycles. The minimum Gasteiger partial charge on any atom is -0.354 e. The molecule has 7 heteroatoms. The van der Waals surface area contributed by atoms with Gasteiger partial charge in [0.05, 0.1) is 11.3 Å². The largest absolute Gasteiger partial charge is 0.354 e. The summed E-state index contributed by atoms with van der Waals surface area (Å²) in [6.45, 7) is 0.649. The van der Waals surface area contributed by atoms with Gasteiger partial charge in [-0.05, 0) is 30.5 Å². The number of halogens is 1. The quantitative estimate of drug-likeness (QED) is 0.621. The van der Waals surface area contributed by atoms with Crippen LogP contribution in [0.2, 0.25) is 0 Å². The first kappa shape index (κ1) is 18.7. The molecular formula is C21H21FN4OS. The number of aromatic nitrogens is 3. The van der Waals surface area contributed by atoms with Gasteiger partial charge in [-0.2, -0.15) is 0 Å². The van der Waals surface area contributed by atoms with Crippen LogP contribution < -0.4 is 5.32 Å². The van der Waals surface area contributed by atoms with Crippen LogP contribution in [0.3, 0.4) is 0 Å². The molecule has 144 valence electrons. The maximum atomic E-state index is 14.0. The van der Waals surface area contributed by atoms with Crippen molar-refractivity contribution in [2.24, 2.45) is 7.05 Å². The SMILES string of the molecule is Cn1c(SCC(=O)NCC2(c3ccccc3)CC2)nnc1-c1ccccc1F. The predicted octanol–water partition coefficient (Wildman–Crippen LogP) is 3.56. The van der Waals surface area contributed by atoms with Gasteiger partial charge in [-0.25, -0.2) is 4.39 Å². The van der Waals surface area contributed by atoms with Gasteiger partial charge in [-0.3, -0.25) is 4.79 Å². The maximum Gasteiger partial charge on any atom is 0.230 e. The van der Waals surface area contributed by atoms with Crippen LogP contribution in [-0.2, 0) is 17.3 Å². The van der Waals surface area contributed by atoms with E-state index in [0.29, 0.717) is 23.1 Å². The molecule has 0 radical (unpaired) electrons. The van der Waals surface area contributed by atoms with Crippen molar-refractivity contribution in [1.82, 2.24) is 20.1 Å². The van der Waals surface area contributed by atoms with E-state index in [2.05, 4.69) is 27.6 Å². The number of nitrogens with zero attached hydrogens (tertiary/aromatic N) is 3. The summed E-state index contributed by atoms with van der Waals surface area (Å²) in [5, 5.41) is 11.8. The lowest BCUT2D eigenvalue weighted by Crippen LogP contribution is -2.33. The third kappa shape index (κ3) is 3.80. The number of carbonyl (C=O) groups is 1. The molecule has 3 aromatic rings. The fraction of sp³-hybridized carbons (Fsp3) is 0.286. The summed E-state index contributed by atoms with van der Waals surface area (Å²) in [5.74, 6) is 0.307. The summed E-state index contributed by atoms with van der Waals surface area (Å²) >= 11 is 1.30. The smallest absolute Gasteiger partial charge is 0.230 e. The Balaban J connectivity index is 1.34. The van der Waals surface area contributed by atoms with Crippen molar-refractivity contribution in [3.63, 3.8) is 0 Å². The lowest BCUT2D eigenvalue weighted by atomic mass is 9.96. The predicted molar refractivity (Wildman–Crippen MR) is 107 cm³/mol. The Hall–Kier alpha value is -2.67. The highest BCUT2D eigenvalue weighted by molar-refractivity contribution is 7.99. The van der Waals surface area contributed by atoms with Crippen molar-refractivity contribution >= 4 is 17.7 Å². The summed E-state index contributed by atoms with van der Waals surface area (Å²) < 4.78 is 15.7. The number of thioether (sulfide) groups is 1. The first-order valence-corrected chi connectivity index (χ1v) is 10.2. The minimum absolute atomic E-state index is 0.0392. The van der Waals surface area contributed by atoms with Crippen LogP contribution in [0.1, 0.15) is 18.4 Å².